The fourth-order valence-corrected chi connectivity index (χ4v) is 1.82. The minimum absolute atomic E-state index is 0. The van der Waals surface area contributed by atoms with E-state index in [0.29, 0.717) is 5.82 Å². The first kappa shape index (κ1) is 13.0. The Labute approximate surface area is 105 Å². The van der Waals surface area contributed by atoms with Crippen LogP contribution in [0.5, 0.6) is 0 Å². The van der Waals surface area contributed by atoms with Crippen molar-refractivity contribution in [3.05, 3.63) is 34.3 Å². The van der Waals surface area contributed by atoms with Crippen LogP contribution in [0.25, 0.3) is 10.9 Å². The number of aryl methyl sites for hydroxylation is 2. The number of nitrogens with one attached hydrogen (secondary N) is 1. The molecule has 0 spiro atoms. The lowest BCUT2D eigenvalue weighted by atomic mass is 10.1. The van der Waals surface area contributed by atoms with E-state index in [1.807, 2.05) is 32.0 Å². The standard InChI is InChI=1S/C11H12ClN3.ClH/c1-6-3-4-9(12)8-5-7(2)11(15-13)14-10(6)8;/h3-5H,13H2,1-2H3,(H,14,15);1H. The molecule has 2 rings (SSSR count). The van der Waals surface area contributed by atoms with Crippen molar-refractivity contribution in [3.63, 3.8) is 0 Å². The Balaban J connectivity index is 0.00000128. The minimum Gasteiger partial charge on any atom is -0.308 e. The lowest BCUT2D eigenvalue weighted by Crippen LogP contribution is -2.10. The van der Waals surface area contributed by atoms with Gasteiger partial charge in [-0.1, -0.05) is 17.7 Å². The average Bonchev–Trinajstić information content (AvgIpc) is 2.23. The van der Waals surface area contributed by atoms with Crippen LogP contribution in [0.4, 0.5) is 5.82 Å². The molecule has 3 nitrogen and oxygen atoms in total. The molecule has 0 amide bonds. The third-order valence-corrected chi connectivity index (χ3v) is 2.79. The summed E-state index contributed by atoms with van der Waals surface area (Å²) in [7, 11) is 0. The first-order chi connectivity index (χ1) is 7.13. The van der Waals surface area contributed by atoms with E-state index in [-0.39, 0.29) is 12.4 Å². The maximum Gasteiger partial charge on any atom is 0.143 e. The Morgan fingerprint density at radius 3 is 2.56 bits per heavy atom. The van der Waals surface area contributed by atoms with Crippen molar-refractivity contribution >= 4 is 40.7 Å². The van der Waals surface area contributed by atoms with Gasteiger partial charge in [0, 0.05) is 10.4 Å². The van der Waals surface area contributed by atoms with Gasteiger partial charge in [0.1, 0.15) is 5.82 Å². The van der Waals surface area contributed by atoms with Gasteiger partial charge < -0.3 is 5.43 Å². The summed E-state index contributed by atoms with van der Waals surface area (Å²) in [5, 5.41) is 1.68. The summed E-state index contributed by atoms with van der Waals surface area (Å²) in [5.74, 6) is 6.07. The number of anilines is 1. The van der Waals surface area contributed by atoms with Gasteiger partial charge in [-0.15, -0.1) is 12.4 Å². The fraction of sp³-hybridized carbons (Fsp3) is 0.182. The molecule has 0 atom stereocenters. The number of nitrogens with zero attached hydrogens (tertiary/aromatic N) is 1. The third kappa shape index (κ3) is 2.07. The molecule has 0 aliphatic carbocycles. The van der Waals surface area contributed by atoms with Crippen LogP contribution in [0.3, 0.4) is 0 Å². The second-order valence-corrected chi connectivity index (χ2v) is 3.97. The van der Waals surface area contributed by atoms with Crippen molar-refractivity contribution in [2.45, 2.75) is 13.8 Å². The molecular weight excluding hydrogens is 245 g/mol. The van der Waals surface area contributed by atoms with E-state index >= 15 is 0 Å². The maximum atomic E-state index is 6.10. The summed E-state index contributed by atoms with van der Waals surface area (Å²) >= 11 is 6.10. The topological polar surface area (TPSA) is 50.9 Å². The van der Waals surface area contributed by atoms with Crippen LogP contribution in [0, 0.1) is 13.8 Å². The number of halogens is 2. The average molecular weight is 258 g/mol. The van der Waals surface area contributed by atoms with Crippen molar-refractivity contribution in [1.29, 1.82) is 0 Å². The Kier molecular flexibility index (Phi) is 3.97. The monoisotopic (exact) mass is 257 g/mol. The molecule has 0 bridgehead atoms. The van der Waals surface area contributed by atoms with Gasteiger partial charge in [0.25, 0.3) is 0 Å². The van der Waals surface area contributed by atoms with Gasteiger partial charge in [0.05, 0.1) is 5.52 Å². The molecular formula is C11H13Cl2N3. The van der Waals surface area contributed by atoms with Crippen molar-refractivity contribution in [2.24, 2.45) is 5.84 Å². The van der Waals surface area contributed by atoms with Gasteiger partial charge in [0.2, 0.25) is 0 Å². The smallest absolute Gasteiger partial charge is 0.143 e. The zero-order chi connectivity index (χ0) is 11.0. The molecule has 0 saturated heterocycles. The summed E-state index contributed by atoms with van der Waals surface area (Å²) in [5.41, 5.74) is 5.54. The molecule has 1 aromatic carbocycles. The third-order valence-electron chi connectivity index (χ3n) is 2.46. The summed E-state index contributed by atoms with van der Waals surface area (Å²) in [6.07, 6.45) is 0. The van der Waals surface area contributed by atoms with E-state index in [4.69, 9.17) is 17.4 Å². The predicted molar refractivity (Wildman–Crippen MR) is 71.3 cm³/mol. The van der Waals surface area contributed by atoms with Crippen LogP contribution in [-0.2, 0) is 0 Å². The van der Waals surface area contributed by atoms with Gasteiger partial charge in [-0.3, -0.25) is 0 Å². The van der Waals surface area contributed by atoms with Crippen molar-refractivity contribution in [3.8, 4) is 0 Å². The number of rotatable bonds is 1. The number of hydrogen-bond acceptors (Lipinski definition) is 3. The molecule has 0 aliphatic heterocycles. The number of hydrogen-bond donors (Lipinski definition) is 2. The molecule has 0 unspecified atom stereocenters. The minimum atomic E-state index is 0. The van der Waals surface area contributed by atoms with E-state index in [0.717, 1.165) is 27.1 Å². The summed E-state index contributed by atoms with van der Waals surface area (Å²) in [6.45, 7) is 3.95. The van der Waals surface area contributed by atoms with Crippen molar-refractivity contribution < 1.29 is 0 Å². The van der Waals surface area contributed by atoms with Gasteiger partial charge >= 0.3 is 0 Å². The Bertz CT molecular complexity index is 526. The van der Waals surface area contributed by atoms with Gasteiger partial charge in [-0.25, -0.2) is 10.8 Å². The van der Waals surface area contributed by atoms with Crippen LogP contribution < -0.4 is 11.3 Å². The largest absolute Gasteiger partial charge is 0.308 e. The van der Waals surface area contributed by atoms with E-state index in [2.05, 4.69) is 10.4 Å². The van der Waals surface area contributed by atoms with Gasteiger partial charge in [0.15, 0.2) is 0 Å². The first-order valence-electron chi connectivity index (χ1n) is 4.66. The molecule has 0 radical (unpaired) electrons. The second kappa shape index (κ2) is 4.87. The number of pyridine rings is 1. The molecule has 3 N–H and O–H groups in total. The Morgan fingerprint density at radius 2 is 1.94 bits per heavy atom. The molecule has 0 fully saturated rings. The number of benzene rings is 1. The molecule has 0 aliphatic rings. The van der Waals surface area contributed by atoms with Crippen LogP contribution in [-0.4, -0.2) is 4.98 Å². The maximum absolute atomic E-state index is 6.10. The fourth-order valence-electron chi connectivity index (χ4n) is 1.61. The number of aromatic nitrogens is 1. The lowest BCUT2D eigenvalue weighted by Gasteiger charge is -2.09. The van der Waals surface area contributed by atoms with E-state index in [9.17, 15) is 0 Å². The van der Waals surface area contributed by atoms with Crippen LogP contribution in [0.2, 0.25) is 5.02 Å². The zero-order valence-corrected chi connectivity index (χ0v) is 10.6. The second-order valence-electron chi connectivity index (χ2n) is 3.56. The molecule has 0 saturated carbocycles. The summed E-state index contributed by atoms with van der Waals surface area (Å²) < 4.78 is 0. The molecule has 2 aromatic rings. The van der Waals surface area contributed by atoms with Crippen molar-refractivity contribution in [1.82, 2.24) is 4.98 Å². The lowest BCUT2D eigenvalue weighted by molar-refractivity contribution is 1.22. The highest BCUT2D eigenvalue weighted by molar-refractivity contribution is 6.35. The summed E-state index contributed by atoms with van der Waals surface area (Å²) in [4.78, 5) is 4.43. The first-order valence-corrected chi connectivity index (χ1v) is 5.04. The molecule has 16 heavy (non-hydrogen) atoms. The molecule has 1 heterocycles. The molecule has 1 aromatic heterocycles. The Hall–Kier alpha value is -1.03. The summed E-state index contributed by atoms with van der Waals surface area (Å²) in [6, 6.07) is 5.83. The van der Waals surface area contributed by atoms with E-state index < -0.39 is 0 Å². The van der Waals surface area contributed by atoms with Crippen molar-refractivity contribution in [2.75, 3.05) is 5.43 Å². The van der Waals surface area contributed by atoms with Crippen LogP contribution in [0.1, 0.15) is 11.1 Å². The van der Waals surface area contributed by atoms with Gasteiger partial charge in [-0.2, -0.15) is 0 Å². The molecule has 5 heteroatoms. The highest BCUT2D eigenvalue weighted by atomic mass is 35.5. The highest BCUT2D eigenvalue weighted by Crippen LogP contribution is 2.27. The number of nitrogen functional groups attached to an aromatic ring is 1. The molecule has 86 valence electrons. The van der Waals surface area contributed by atoms with E-state index in [1.54, 1.807) is 0 Å². The van der Waals surface area contributed by atoms with E-state index in [1.165, 1.54) is 0 Å². The number of nitrogens with two attached hydrogens (primary N) is 1. The van der Waals surface area contributed by atoms with Crippen LogP contribution >= 0.6 is 24.0 Å². The normalized spacial score (nSPS) is 10.0. The van der Waals surface area contributed by atoms with Gasteiger partial charge in [-0.05, 0) is 37.1 Å². The Morgan fingerprint density at radius 1 is 1.25 bits per heavy atom. The predicted octanol–water partition coefficient (Wildman–Crippen LogP) is 3.21. The number of fused-ring (bicyclic) bond motifs is 1. The zero-order valence-electron chi connectivity index (χ0n) is 9.04. The highest BCUT2D eigenvalue weighted by Gasteiger charge is 2.07. The SMILES string of the molecule is Cc1cc2c(Cl)ccc(C)c2nc1NN.Cl. The quantitative estimate of drug-likeness (QED) is 0.610. The van der Waals surface area contributed by atoms with Crippen LogP contribution in [0.15, 0.2) is 18.2 Å². The number of hydrazine groups is 1.